The number of thioether (sulfide) groups is 1. The Morgan fingerprint density at radius 2 is 2.11 bits per heavy atom. The molecule has 0 radical (unpaired) electrons. The first kappa shape index (κ1) is 19.8. The zero-order chi connectivity index (χ0) is 19.5. The Morgan fingerprint density at radius 1 is 1.29 bits per heavy atom. The fourth-order valence-corrected chi connectivity index (χ4v) is 5.09. The minimum Gasteiger partial charge on any atom is -0.376 e. The van der Waals surface area contributed by atoms with E-state index in [2.05, 4.69) is 15.3 Å². The van der Waals surface area contributed by atoms with Crippen molar-refractivity contribution in [1.82, 2.24) is 5.32 Å². The molecule has 1 amide bonds. The molecule has 0 aromatic carbocycles. The Labute approximate surface area is 169 Å². The molecule has 28 heavy (non-hydrogen) atoms. The molecule has 0 aromatic heterocycles. The summed E-state index contributed by atoms with van der Waals surface area (Å²) >= 11 is 1.71. The van der Waals surface area contributed by atoms with Gasteiger partial charge in [0, 0.05) is 11.8 Å². The highest BCUT2D eigenvalue weighted by atomic mass is 32.2. The van der Waals surface area contributed by atoms with Crippen molar-refractivity contribution < 1.29 is 13.9 Å². The Morgan fingerprint density at radius 3 is 2.82 bits per heavy atom. The molecule has 3 N–H and O–H groups in total. The number of hydrogen-bond donors (Lipinski definition) is 2. The van der Waals surface area contributed by atoms with E-state index in [0.717, 1.165) is 25.7 Å². The van der Waals surface area contributed by atoms with Gasteiger partial charge in [0.1, 0.15) is 17.6 Å². The molecule has 2 heterocycles. The first-order chi connectivity index (χ1) is 13.6. The number of nitrogens with two attached hydrogens (primary N) is 1. The lowest BCUT2D eigenvalue weighted by Gasteiger charge is -2.29. The molecule has 1 saturated carbocycles. The number of aliphatic imine (C=N–C) groups is 2. The van der Waals surface area contributed by atoms with Gasteiger partial charge >= 0.3 is 0 Å². The molecule has 8 heteroatoms. The summed E-state index contributed by atoms with van der Waals surface area (Å²) in [5.74, 6) is -0.630. The van der Waals surface area contributed by atoms with Gasteiger partial charge in [0.2, 0.25) is 5.91 Å². The second-order valence-corrected chi connectivity index (χ2v) is 9.06. The van der Waals surface area contributed by atoms with Gasteiger partial charge in [-0.1, -0.05) is 12.8 Å². The third kappa shape index (κ3) is 4.55. The summed E-state index contributed by atoms with van der Waals surface area (Å²) in [5.41, 5.74) is 6.69. The molecule has 152 valence electrons. The molecule has 0 spiro atoms. The van der Waals surface area contributed by atoms with E-state index < -0.39 is 11.7 Å². The van der Waals surface area contributed by atoms with Gasteiger partial charge in [0.05, 0.1) is 35.9 Å². The molecule has 3 atom stereocenters. The second-order valence-electron chi connectivity index (χ2n) is 7.77. The van der Waals surface area contributed by atoms with E-state index in [1.165, 1.54) is 18.9 Å². The summed E-state index contributed by atoms with van der Waals surface area (Å²) in [7, 11) is 0. The van der Waals surface area contributed by atoms with Crippen molar-refractivity contribution in [2.45, 2.75) is 55.9 Å². The van der Waals surface area contributed by atoms with Gasteiger partial charge in [-0.15, -0.1) is 11.8 Å². The molecule has 4 aliphatic rings. The predicted octanol–water partition coefficient (Wildman–Crippen LogP) is 2.50. The van der Waals surface area contributed by atoms with Crippen molar-refractivity contribution in [1.29, 1.82) is 0 Å². The molecule has 6 nitrogen and oxygen atoms in total. The van der Waals surface area contributed by atoms with Gasteiger partial charge in [0.15, 0.2) is 0 Å². The van der Waals surface area contributed by atoms with Crippen LogP contribution in [0.2, 0.25) is 0 Å². The number of carbonyl (C=O) groups is 1. The summed E-state index contributed by atoms with van der Waals surface area (Å²) in [6.45, 7) is 1.22. The van der Waals surface area contributed by atoms with Crippen LogP contribution in [0.3, 0.4) is 0 Å². The Bertz CT molecular complexity index is 734. The summed E-state index contributed by atoms with van der Waals surface area (Å²) in [4.78, 5) is 21.6. The van der Waals surface area contributed by atoms with Crippen LogP contribution in [0.1, 0.15) is 38.5 Å². The number of nitrogens with zero attached hydrogens (tertiary/aromatic N) is 2. The Hall–Kier alpha value is -1.51. The monoisotopic (exact) mass is 406 g/mol. The van der Waals surface area contributed by atoms with Crippen molar-refractivity contribution in [2.75, 3.05) is 18.9 Å². The van der Waals surface area contributed by atoms with Gasteiger partial charge in [-0.3, -0.25) is 9.79 Å². The highest BCUT2D eigenvalue weighted by Gasteiger charge is 2.35. The number of fused-ring (bicyclic) bond motifs is 1. The van der Waals surface area contributed by atoms with Crippen molar-refractivity contribution in [3.05, 3.63) is 23.7 Å². The van der Waals surface area contributed by atoms with E-state index in [0.29, 0.717) is 41.4 Å². The second kappa shape index (κ2) is 8.88. The Balaban J connectivity index is 1.43. The van der Waals surface area contributed by atoms with Crippen LogP contribution in [0.5, 0.6) is 0 Å². The van der Waals surface area contributed by atoms with Crippen LogP contribution in [0.15, 0.2) is 33.7 Å². The predicted molar refractivity (Wildman–Crippen MR) is 110 cm³/mol. The van der Waals surface area contributed by atoms with E-state index in [1.807, 2.05) is 0 Å². The minimum absolute atomic E-state index is 0.157. The van der Waals surface area contributed by atoms with Crippen molar-refractivity contribution >= 4 is 29.2 Å². The molecular formula is C20H27FN4O2S. The number of halogens is 1. The van der Waals surface area contributed by atoms with Crippen LogP contribution < -0.4 is 11.1 Å². The number of allylic oxidation sites excluding steroid dienone is 2. The number of hydrogen-bond acceptors (Lipinski definition) is 6. The van der Waals surface area contributed by atoms with Crippen LogP contribution in [0.25, 0.3) is 0 Å². The first-order valence-corrected chi connectivity index (χ1v) is 11.2. The topological polar surface area (TPSA) is 89.1 Å². The van der Waals surface area contributed by atoms with E-state index in [4.69, 9.17) is 10.5 Å². The third-order valence-corrected chi connectivity index (χ3v) is 6.93. The zero-order valence-electron chi connectivity index (χ0n) is 15.9. The highest BCUT2D eigenvalue weighted by Crippen LogP contribution is 2.32. The standard InChI is InChI=1S/C20H27FN4O2S/c21-16-7-13(23-12-3-1-2-4-12)8-17-19(16)20(26)25-18(24-17)11-28-15-6-5-14(9-22)27-10-15/h7-8,12,14-15,19H,1-6,9-11,22H2,(H,24,25,26)/t14-,15-,19?/m1/s1. The fraction of sp³-hybridized carbons (Fsp3) is 0.650. The Kier molecular flexibility index (Phi) is 6.28. The smallest absolute Gasteiger partial charge is 0.241 e. The molecule has 0 aromatic rings. The lowest BCUT2D eigenvalue weighted by molar-refractivity contribution is -0.122. The third-order valence-electron chi connectivity index (χ3n) is 5.65. The quantitative estimate of drug-likeness (QED) is 0.734. The lowest BCUT2D eigenvalue weighted by Crippen LogP contribution is -2.43. The molecule has 2 aliphatic heterocycles. The van der Waals surface area contributed by atoms with E-state index in [1.54, 1.807) is 17.8 Å². The normalized spacial score (nSPS) is 32.5. The summed E-state index contributed by atoms with van der Waals surface area (Å²) in [6.07, 6.45) is 9.74. The zero-order valence-corrected chi connectivity index (χ0v) is 16.7. The summed E-state index contributed by atoms with van der Waals surface area (Å²) in [6, 6.07) is 0.257. The van der Waals surface area contributed by atoms with Crippen LogP contribution >= 0.6 is 11.8 Å². The van der Waals surface area contributed by atoms with Gasteiger partial charge in [-0.25, -0.2) is 9.38 Å². The van der Waals surface area contributed by atoms with Crippen LogP contribution in [-0.4, -0.2) is 53.8 Å². The van der Waals surface area contributed by atoms with Crippen LogP contribution in [0.4, 0.5) is 4.39 Å². The number of ether oxygens (including phenoxy) is 1. The summed E-state index contributed by atoms with van der Waals surface area (Å²) in [5, 5.41) is 3.12. The van der Waals surface area contributed by atoms with Crippen molar-refractivity contribution in [3.63, 3.8) is 0 Å². The first-order valence-electron chi connectivity index (χ1n) is 10.1. The molecular weight excluding hydrogens is 379 g/mol. The van der Waals surface area contributed by atoms with Gasteiger partial charge in [0.25, 0.3) is 0 Å². The van der Waals surface area contributed by atoms with Gasteiger partial charge in [-0.05, 0) is 37.8 Å². The van der Waals surface area contributed by atoms with Gasteiger partial charge in [-0.2, -0.15) is 0 Å². The lowest BCUT2D eigenvalue weighted by atomic mass is 9.94. The van der Waals surface area contributed by atoms with Crippen molar-refractivity contribution in [2.24, 2.45) is 21.6 Å². The number of amidine groups is 1. The number of amides is 1. The van der Waals surface area contributed by atoms with Crippen LogP contribution in [-0.2, 0) is 9.53 Å². The summed E-state index contributed by atoms with van der Waals surface area (Å²) < 4.78 is 20.3. The highest BCUT2D eigenvalue weighted by molar-refractivity contribution is 8.00. The maximum Gasteiger partial charge on any atom is 0.241 e. The number of carbonyl (C=O) groups excluding carboxylic acids is 1. The fourth-order valence-electron chi connectivity index (χ4n) is 4.08. The minimum atomic E-state index is -0.945. The maximum absolute atomic E-state index is 14.5. The van der Waals surface area contributed by atoms with E-state index in [-0.39, 0.29) is 18.1 Å². The van der Waals surface area contributed by atoms with E-state index >= 15 is 0 Å². The van der Waals surface area contributed by atoms with Crippen LogP contribution in [0, 0.1) is 5.92 Å². The average Bonchev–Trinajstić information content (AvgIpc) is 3.19. The van der Waals surface area contributed by atoms with E-state index in [9.17, 15) is 9.18 Å². The molecule has 1 unspecified atom stereocenters. The molecule has 1 saturated heterocycles. The molecule has 2 aliphatic carbocycles. The maximum atomic E-state index is 14.5. The van der Waals surface area contributed by atoms with Crippen molar-refractivity contribution in [3.8, 4) is 0 Å². The van der Waals surface area contributed by atoms with Gasteiger partial charge < -0.3 is 15.8 Å². The number of rotatable bonds is 5. The number of nitrogens with one attached hydrogen (secondary N) is 1. The molecule has 4 rings (SSSR count). The largest absolute Gasteiger partial charge is 0.376 e. The molecule has 2 fully saturated rings. The molecule has 0 bridgehead atoms. The SMILES string of the molecule is NC[C@H]1CC[C@@H](SCC2=NC3=CC(=NC4CCCC4)C=C(F)C3C(=O)N2)CO1. The average molecular weight is 407 g/mol.